The van der Waals surface area contributed by atoms with Gasteiger partial charge in [0, 0.05) is 5.88 Å². The van der Waals surface area contributed by atoms with Gasteiger partial charge in [-0.2, -0.15) is 0 Å². The van der Waals surface area contributed by atoms with E-state index in [4.69, 9.17) is 25.8 Å². The molecule has 2 unspecified atom stereocenters. The van der Waals surface area contributed by atoms with Crippen molar-refractivity contribution in [2.75, 3.05) is 12.5 Å². The predicted molar refractivity (Wildman–Crippen MR) is 108 cm³/mol. The molecule has 1 aliphatic heterocycles. The Hall–Kier alpha value is -2.41. The molecule has 29 heavy (non-hydrogen) atoms. The topological polar surface area (TPSA) is 71.1 Å². The minimum absolute atomic E-state index is 0.251. The summed E-state index contributed by atoms with van der Waals surface area (Å²) >= 11 is 5.59. The summed E-state index contributed by atoms with van der Waals surface area (Å²) in [4.78, 5) is 21.5. The quantitative estimate of drug-likeness (QED) is 0.348. The molecule has 3 rings (SSSR count). The number of carbonyl (C=O) groups excluding carboxylic acids is 2. The second-order valence-electron chi connectivity index (χ2n) is 6.20. The molecule has 1 saturated heterocycles. The Morgan fingerprint density at radius 1 is 1.03 bits per heavy atom. The molecule has 0 aliphatic carbocycles. The molecule has 156 valence electrons. The third-order valence-corrected chi connectivity index (χ3v) is 4.24. The number of ether oxygens (including phenoxy) is 4. The van der Waals surface area contributed by atoms with E-state index in [2.05, 4.69) is 4.74 Å². The van der Waals surface area contributed by atoms with Crippen LogP contribution in [0.3, 0.4) is 0 Å². The van der Waals surface area contributed by atoms with E-state index in [-0.39, 0.29) is 25.5 Å². The maximum atomic E-state index is 11.8. The van der Waals surface area contributed by atoms with Crippen LogP contribution in [0.15, 0.2) is 60.7 Å². The fraction of sp³-hybridized carbons (Fsp3) is 0.364. The lowest BCUT2D eigenvalue weighted by Gasteiger charge is -2.10. The van der Waals surface area contributed by atoms with E-state index in [1.54, 1.807) is 0 Å². The van der Waals surface area contributed by atoms with Crippen LogP contribution < -0.4 is 0 Å². The molecule has 0 saturated carbocycles. The average Bonchev–Trinajstić information content (AvgIpc) is 3.25. The van der Waals surface area contributed by atoms with Crippen molar-refractivity contribution in [1.82, 2.24) is 0 Å². The first-order valence-corrected chi connectivity index (χ1v) is 9.89. The van der Waals surface area contributed by atoms with Crippen LogP contribution in [0.1, 0.15) is 24.0 Å². The summed E-state index contributed by atoms with van der Waals surface area (Å²) in [6, 6.07) is 19.1. The zero-order valence-corrected chi connectivity index (χ0v) is 16.8. The highest BCUT2D eigenvalue weighted by Crippen LogP contribution is 2.17. The van der Waals surface area contributed by atoms with Gasteiger partial charge in [-0.15, -0.1) is 11.6 Å². The highest BCUT2D eigenvalue weighted by atomic mass is 35.5. The highest BCUT2D eigenvalue weighted by Gasteiger charge is 2.32. The first kappa shape index (κ1) is 22.9. The van der Waals surface area contributed by atoms with Crippen molar-refractivity contribution in [3.63, 3.8) is 0 Å². The number of hydrogen-bond donors (Lipinski definition) is 0. The van der Waals surface area contributed by atoms with Crippen LogP contribution in [0.2, 0.25) is 0 Å². The molecule has 0 aromatic heterocycles. The van der Waals surface area contributed by atoms with Crippen molar-refractivity contribution in [1.29, 1.82) is 0 Å². The van der Waals surface area contributed by atoms with Crippen LogP contribution in [0.25, 0.3) is 0 Å². The number of hydrogen-bond acceptors (Lipinski definition) is 6. The Bertz CT molecular complexity index is 710. The molecule has 2 aromatic carbocycles. The van der Waals surface area contributed by atoms with Crippen LogP contribution in [-0.4, -0.2) is 37.3 Å². The zero-order valence-electron chi connectivity index (χ0n) is 16.1. The lowest BCUT2D eigenvalue weighted by molar-refractivity contribution is -0.158. The predicted octanol–water partition coefficient (Wildman–Crippen LogP) is 3.85. The van der Waals surface area contributed by atoms with E-state index in [0.29, 0.717) is 25.4 Å². The van der Waals surface area contributed by atoms with Gasteiger partial charge in [-0.1, -0.05) is 60.7 Å². The second-order valence-corrected chi connectivity index (χ2v) is 6.58. The number of alkyl halides is 1. The number of benzene rings is 2. The highest BCUT2D eigenvalue weighted by molar-refractivity contribution is 6.17. The van der Waals surface area contributed by atoms with E-state index in [1.165, 1.54) is 0 Å². The maximum absolute atomic E-state index is 11.8. The van der Waals surface area contributed by atoms with Gasteiger partial charge in [0.1, 0.15) is 13.2 Å². The SMILES string of the molecule is O=C(OCc1ccccc1)C1COC(CCCCl)O1.O=COCc1ccccc1. The van der Waals surface area contributed by atoms with Crippen molar-refractivity contribution in [2.45, 2.75) is 38.4 Å². The average molecular weight is 421 g/mol. The van der Waals surface area contributed by atoms with Crippen molar-refractivity contribution in [2.24, 2.45) is 0 Å². The summed E-state index contributed by atoms with van der Waals surface area (Å²) in [5.41, 5.74) is 1.96. The molecule has 0 N–H and O–H groups in total. The molecule has 7 heteroatoms. The molecule has 6 nitrogen and oxygen atoms in total. The maximum Gasteiger partial charge on any atom is 0.338 e. The van der Waals surface area contributed by atoms with Gasteiger partial charge in [0.2, 0.25) is 0 Å². The van der Waals surface area contributed by atoms with E-state index < -0.39 is 6.10 Å². The standard InChI is InChI=1S/C14H17ClO4.C8H8O2/c15-8-4-7-13-17-10-12(19-13)14(16)18-9-11-5-2-1-3-6-11;9-7-10-6-8-4-2-1-3-5-8/h1-3,5-6,12-13H,4,7-10H2;1-5,7H,6H2. The van der Waals surface area contributed by atoms with Crippen LogP contribution >= 0.6 is 11.6 Å². The molecule has 2 atom stereocenters. The van der Waals surface area contributed by atoms with Gasteiger partial charge in [-0.05, 0) is 24.0 Å². The van der Waals surface area contributed by atoms with Crippen LogP contribution in [0, 0.1) is 0 Å². The molecule has 0 spiro atoms. The summed E-state index contributed by atoms with van der Waals surface area (Å²) < 4.78 is 20.6. The Morgan fingerprint density at radius 2 is 1.66 bits per heavy atom. The summed E-state index contributed by atoms with van der Waals surface area (Å²) in [6.45, 7) is 1.32. The Balaban J connectivity index is 0.000000253. The minimum Gasteiger partial charge on any atom is -0.463 e. The molecular weight excluding hydrogens is 396 g/mol. The first-order valence-electron chi connectivity index (χ1n) is 9.35. The van der Waals surface area contributed by atoms with Gasteiger partial charge in [0.25, 0.3) is 6.47 Å². The Labute approximate surface area is 175 Å². The molecule has 0 radical (unpaired) electrons. The van der Waals surface area contributed by atoms with Gasteiger partial charge < -0.3 is 18.9 Å². The van der Waals surface area contributed by atoms with Crippen LogP contribution in [0.4, 0.5) is 0 Å². The van der Waals surface area contributed by atoms with E-state index in [1.807, 2.05) is 60.7 Å². The van der Waals surface area contributed by atoms with Crippen molar-refractivity contribution >= 4 is 24.0 Å². The molecule has 0 bridgehead atoms. The molecule has 1 aliphatic rings. The molecule has 2 aromatic rings. The van der Waals surface area contributed by atoms with Crippen molar-refractivity contribution < 1.29 is 28.5 Å². The van der Waals surface area contributed by atoms with Crippen molar-refractivity contribution in [3.05, 3.63) is 71.8 Å². The van der Waals surface area contributed by atoms with Crippen molar-refractivity contribution in [3.8, 4) is 0 Å². The minimum atomic E-state index is -0.621. The fourth-order valence-electron chi connectivity index (χ4n) is 2.50. The van der Waals surface area contributed by atoms with Gasteiger partial charge in [-0.3, -0.25) is 4.79 Å². The number of esters is 1. The number of halogens is 1. The van der Waals surface area contributed by atoms with Gasteiger partial charge >= 0.3 is 5.97 Å². The molecule has 0 amide bonds. The number of rotatable bonds is 9. The van der Waals surface area contributed by atoms with Gasteiger partial charge in [0.05, 0.1) is 6.61 Å². The lowest BCUT2D eigenvalue weighted by Crippen LogP contribution is -2.26. The van der Waals surface area contributed by atoms with Crippen LogP contribution in [0.5, 0.6) is 0 Å². The summed E-state index contributed by atoms with van der Waals surface area (Å²) in [5, 5.41) is 0. The largest absolute Gasteiger partial charge is 0.463 e. The lowest BCUT2D eigenvalue weighted by atomic mass is 10.2. The van der Waals surface area contributed by atoms with Gasteiger partial charge in [0.15, 0.2) is 12.4 Å². The van der Waals surface area contributed by atoms with Crippen LogP contribution in [-0.2, 0) is 41.8 Å². The smallest absolute Gasteiger partial charge is 0.338 e. The third-order valence-electron chi connectivity index (χ3n) is 3.97. The van der Waals surface area contributed by atoms with E-state index >= 15 is 0 Å². The Morgan fingerprint density at radius 3 is 2.24 bits per heavy atom. The van der Waals surface area contributed by atoms with E-state index in [9.17, 15) is 9.59 Å². The Kier molecular flexibility index (Phi) is 10.8. The number of carbonyl (C=O) groups is 2. The first-order chi connectivity index (χ1) is 14.2. The van der Waals surface area contributed by atoms with E-state index in [0.717, 1.165) is 17.5 Å². The monoisotopic (exact) mass is 420 g/mol. The summed E-state index contributed by atoms with van der Waals surface area (Å²) in [6.07, 6.45) is 0.543. The fourth-order valence-corrected chi connectivity index (χ4v) is 2.66. The molecular formula is C22H25ClO6. The molecule has 1 fully saturated rings. The zero-order chi connectivity index (χ0) is 20.7. The normalized spacial score (nSPS) is 17.7. The van der Waals surface area contributed by atoms with Gasteiger partial charge in [-0.25, -0.2) is 4.79 Å². The summed E-state index contributed by atoms with van der Waals surface area (Å²) in [7, 11) is 0. The summed E-state index contributed by atoms with van der Waals surface area (Å²) in [5.74, 6) is 0.184. The third kappa shape index (κ3) is 9.09. The second kappa shape index (κ2) is 13.7. The molecule has 1 heterocycles.